The van der Waals surface area contributed by atoms with Crippen LogP contribution in [0.15, 0.2) is 10.7 Å². The summed E-state index contributed by atoms with van der Waals surface area (Å²) in [5.74, 6) is 1.93. The molecule has 1 aromatic rings. The van der Waals surface area contributed by atoms with Crippen molar-refractivity contribution in [1.29, 1.82) is 0 Å². The number of halogens is 1. The molecular formula is C14H23BrN4. The van der Waals surface area contributed by atoms with Crippen molar-refractivity contribution in [3.8, 4) is 0 Å². The molecule has 19 heavy (non-hydrogen) atoms. The highest BCUT2D eigenvalue weighted by Gasteiger charge is 2.24. The lowest BCUT2D eigenvalue weighted by Gasteiger charge is -2.38. The van der Waals surface area contributed by atoms with Gasteiger partial charge in [0.1, 0.15) is 16.2 Å². The van der Waals surface area contributed by atoms with E-state index < -0.39 is 0 Å². The topological polar surface area (TPSA) is 32.3 Å². The van der Waals surface area contributed by atoms with Gasteiger partial charge in [-0.15, -0.1) is 0 Å². The summed E-state index contributed by atoms with van der Waals surface area (Å²) in [6.07, 6.45) is 0. The molecule has 0 bridgehead atoms. The van der Waals surface area contributed by atoms with Crippen LogP contribution in [0.4, 0.5) is 5.82 Å². The smallest absolute Gasteiger partial charge is 0.137 e. The fourth-order valence-corrected chi connectivity index (χ4v) is 2.53. The summed E-state index contributed by atoms with van der Waals surface area (Å²) in [5, 5.41) is 0. The maximum atomic E-state index is 4.75. The first-order valence-corrected chi connectivity index (χ1v) is 7.57. The third-order valence-electron chi connectivity index (χ3n) is 3.64. The Morgan fingerprint density at radius 1 is 1.26 bits per heavy atom. The Balaban J connectivity index is 2.28. The molecule has 1 aromatic heterocycles. The third-order valence-corrected chi connectivity index (χ3v) is 4.04. The van der Waals surface area contributed by atoms with E-state index in [1.165, 1.54) is 0 Å². The van der Waals surface area contributed by atoms with Crippen LogP contribution in [0.25, 0.3) is 0 Å². The van der Waals surface area contributed by atoms with Crippen LogP contribution >= 0.6 is 15.9 Å². The Morgan fingerprint density at radius 2 is 1.95 bits per heavy atom. The Bertz CT molecular complexity index is 455. The number of likely N-dealkylation sites (N-methyl/N-ethyl adjacent to an activating group) is 1. The van der Waals surface area contributed by atoms with Crippen molar-refractivity contribution in [3.05, 3.63) is 16.5 Å². The number of anilines is 1. The van der Waals surface area contributed by atoms with Gasteiger partial charge < -0.3 is 9.80 Å². The minimum Gasteiger partial charge on any atom is -0.354 e. The van der Waals surface area contributed by atoms with Crippen molar-refractivity contribution in [2.45, 2.75) is 39.2 Å². The van der Waals surface area contributed by atoms with Gasteiger partial charge in [0.05, 0.1) is 0 Å². The highest BCUT2D eigenvalue weighted by atomic mass is 79.9. The maximum Gasteiger partial charge on any atom is 0.137 e. The van der Waals surface area contributed by atoms with Crippen LogP contribution in [0.2, 0.25) is 0 Å². The molecule has 2 rings (SSSR count). The van der Waals surface area contributed by atoms with Gasteiger partial charge in [0.25, 0.3) is 0 Å². The fourth-order valence-electron chi connectivity index (χ4n) is 2.16. The molecule has 1 aliphatic heterocycles. The first-order chi connectivity index (χ1) is 8.77. The molecule has 0 radical (unpaired) electrons. The molecule has 0 aromatic carbocycles. The van der Waals surface area contributed by atoms with Gasteiger partial charge in [-0.1, -0.05) is 20.8 Å². The molecule has 1 unspecified atom stereocenters. The second kappa shape index (κ2) is 5.37. The molecule has 106 valence electrons. The molecule has 1 atom stereocenters. The average Bonchev–Trinajstić information content (AvgIpc) is 2.31. The minimum atomic E-state index is -0.0310. The van der Waals surface area contributed by atoms with E-state index in [0.717, 1.165) is 35.9 Å². The van der Waals surface area contributed by atoms with Crippen molar-refractivity contribution in [1.82, 2.24) is 14.9 Å². The number of hydrogen-bond acceptors (Lipinski definition) is 4. The summed E-state index contributed by atoms with van der Waals surface area (Å²) < 4.78 is 0.869. The summed E-state index contributed by atoms with van der Waals surface area (Å²) in [5.41, 5.74) is -0.0310. The van der Waals surface area contributed by atoms with Crippen LogP contribution in [0.5, 0.6) is 0 Å². The number of aromatic nitrogens is 2. The molecule has 0 N–H and O–H groups in total. The molecule has 1 aliphatic rings. The van der Waals surface area contributed by atoms with Crippen molar-refractivity contribution < 1.29 is 0 Å². The summed E-state index contributed by atoms with van der Waals surface area (Å²) in [6.45, 7) is 11.8. The lowest BCUT2D eigenvalue weighted by atomic mass is 9.96. The van der Waals surface area contributed by atoms with Crippen molar-refractivity contribution in [2.75, 3.05) is 31.6 Å². The van der Waals surface area contributed by atoms with Gasteiger partial charge in [-0.3, -0.25) is 0 Å². The SMILES string of the molecule is CC1CN(c2cc(Br)nc(C(C)(C)C)n2)CCN1C. The monoisotopic (exact) mass is 326 g/mol. The first kappa shape index (κ1) is 14.7. The number of rotatable bonds is 1. The molecule has 0 aliphatic carbocycles. The van der Waals surface area contributed by atoms with E-state index in [4.69, 9.17) is 4.98 Å². The van der Waals surface area contributed by atoms with E-state index >= 15 is 0 Å². The molecule has 4 nitrogen and oxygen atoms in total. The quantitative estimate of drug-likeness (QED) is 0.743. The lowest BCUT2D eigenvalue weighted by molar-refractivity contribution is 0.233. The Hall–Kier alpha value is -0.680. The van der Waals surface area contributed by atoms with Crippen LogP contribution in [-0.2, 0) is 5.41 Å². The van der Waals surface area contributed by atoms with E-state index in [1.54, 1.807) is 0 Å². The molecule has 2 heterocycles. The molecule has 5 heteroatoms. The normalized spacial score (nSPS) is 21.8. The average molecular weight is 327 g/mol. The Kier molecular flexibility index (Phi) is 4.16. The highest BCUT2D eigenvalue weighted by Crippen LogP contribution is 2.25. The zero-order chi connectivity index (χ0) is 14.2. The van der Waals surface area contributed by atoms with Crippen molar-refractivity contribution in [2.24, 2.45) is 0 Å². The van der Waals surface area contributed by atoms with Crippen LogP contribution in [0, 0.1) is 0 Å². The van der Waals surface area contributed by atoms with Gasteiger partial charge >= 0.3 is 0 Å². The lowest BCUT2D eigenvalue weighted by Crippen LogP contribution is -2.50. The molecule has 0 amide bonds. The van der Waals surface area contributed by atoms with E-state index in [-0.39, 0.29) is 5.41 Å². The number of hydrogen-bond donors (Lipinski definition) is 0. The molecule has 1 saturated heterocycles. The Labute approximate surface area is 124 Å². The summed E-state index contributed by atoms with van der Waals surface area (Å²) in [4.78, 5) is 14.0. The summed E-state index contributed by atoms with van der Waals surface area (Å²) >= 11 is 3.51. The zero-order valence-electron chi connectivity index (χ0n) is 12.4. The minimum absolute atomic E-state index is 0.0310. The van der Waals surface area contributed by atoms with Gasteiger partial charge in [0.15, 0.2) is 0 Å². The van der Waals surface area contributed by atoms with Gasteiger partial charge in [-0.25, -0.2) is 9.97 Å². The van der Waals surface area contributed by atoms with Crippen LogP contribution < -0.4 is 4.90 Å². The second-order valence-electron chi connectivity index (χ2n) is 6.40. The predicted octanol–water partition coefficient (Wildman–Crippen LogP) is 2.68. The Morgan fingerprint density at radius 3 is 2.53 bits per heavy atom. The largest absolute Gasteiger partial charge is 0.354 e. The fraction of sp³-hybridized carbons (Fsp3) is 0.714. The van der Waals surface area contributed by atoms with E-state index in [9.17, 15) is 0 Å². The second-order valence-corrected chi connectivity index (χ2v) is 7.21. The molecule has 0 spiro atoms. The molecule has 1 fully saturated rings. The van der Waals surface area contributed by atoms with E-state index in [2.05, 4.69) is 65.5 Å². The predicted molar refractivity (Wildman–Crippen MR) is 82.7 cm³/mol. The van der Waals surface area contributed by atoms with Crippen LogP contribution in [0.1, 0.15) is 33.5 Å². The first-order valence-electron chi connectivity index (χ1n) is 6.77. The van der Waals surface area contributed by atoms with Crippen molar-refractivity contribution >= 4 is 21.7 Å². The summed E-state index contributed by atoms with van der Waals surface area (Å²) in [6, 6.07) is 2.58. The standard InChI is InChI=1S/C14H23BrN4/c1-10-9-19(7-6-18(10)5)12-8-11(15)16-13(17-12)14(2,3)4/h8,10H,6-7,9H2,1-5H3. The van der Waals surface area contributed by atoms with Gasteiger partial charge in [0.2, 0.25) is 0 Å². The molecular weight excluding hydrogens is 304 g/mol. The van der Waals surface area contributed by atoms with Crippen LogP contribution in [0.3, 0.4) is 0 Å². The molecule has 0 saturated carbocycles. The van der Waals surface area contributed by atoms with Gasteiger partial charge in [-0.2, -0.15) is 0 Å². The van der Waals surface area contributed by atoms with E-state index in [1.807, 2.05) is 6.07 Å². The third kappa shape index (κ3) is 3.45. The van der Waals surface area contributed by atoms with Crippen LogP contribution in [-0.4, -0.2) is 47.6 Å². The number of nitrogens with zero attached hydrogens (tertiary/aromatic N) is 4. The van der Waals surface area contributed by atoms with Crippen molar-refractivity contribution in [3.63, 3.8) is 0 Å². The number of piperazine rings is 1. The zero-order valence-corrected chi connectivity index (χ0v) is 14.0. The van der Waals surface area contributed by atoms with Gasteiger partial charge in [0, 0.05) is 37.2 Å². The summed E-state index contributed by atoms with van der Waals surface area (Å²) in [7, 11) is 2.18. The maximum absolute atomic E-state index is 4.75. The highest BCUT2D eigenvalue weighted by molar-refractivity contribution is 9.10. The van der Waals surface area contributed by atoms with E-state index in [0.29, 0.717) is 6.04 Å². The van der Waals surface area contributed by atoms with Gasteiger partial charge in [-0.05, 0) is 29.9 Å².